The van der Waals surface area contributed by atoms with Gasteiger partial charge in [0.15, 0.2) is 0 Å². The van der Waals surface area contributed by atoms with Crippen molar-refractivity contribution in [2.75, 3.05) is 14.2 Å². The van der Waals surface area contributed by atoms with Crippen LogP contribution >= 0.6 is 0 Å². The summed E-state index contributed by atoms with van der Waals surface area (Å²) in [7, 11) is 3.22. The molecule has 130 valence electrons. The molecule has 0 spiro atoms. The third-order valence-corrected chi connectivity index (χ3v) is 5.15. The Morgan fingerprint density at radius 1 is 1.29 bits per heavy atom. The van der Waals surface area contributed by atoms with Gasteiger partial charge >= 0.3 is 5.97 Å². The Morgan fingerprint density at radius 3 is 2.58 bits per heavy atom. The maximum absolute atomic E-state index is 12.6. The largest absolute Gasteiger partial charge is 0.497 e. The Bertz CT molecular complexity index is 653. The van der Waals surface area contributed by atoms with Crippen LogP contribution in [0.2, 0.25) is 0 Å². The van der Waals surface area contributed by atoms with E-state index in [0.29, 0.717) is 0 Å². The number of benzene rings is 1. The fourth-order valence-electron chi connectivity index (χ4n) is 3.55. The highest BCUT2D eigenvalue weighted by molar-refractivity contribution is 5.84. The zero-order valence-electron chi connectivity index (χ0n) is 14.0. The van der Waals surface area contributed by atoms with E-state index in [2.05, 4.69) is 5.32 Å². The first-order chi connectivity index (χ1) is 11.5. The number of methoxy groups -OCH3 is 2. The number of carbonyl (C=O) groups is 2. The lowest BCUT2D eigenvalue weighted by atomic mass is 9.74. The van der Waals surface area contributed by atoms with Gasteiger partial charge < -0.3 is 19.9 Å². The van der Waals surface area contributed by atoms with E-state index in [1.807, 2.05) is 18.2 Å². The lowest BCUT2D eigenvalue weighted by molar-refractivity contribution is -0.140. The molecule has 2 fully saturated rings. The Kier molecular flexibility index (Phi) is 4.39. The molecule has 1 aromatic carbocycles. The number of rotatable bonds is 7. The number of hydrogen-bond donors (Lipinski definition) is 2. The summed E-state index contributed by atoms with van der Waals surface area (Å²) < 4.78 is 10.7. The van der Waals surface area contributed by atoms with Crippen molar-refractivity contribution in [2.24, 2.45) is 5.92 Å². The second kappa shape index (κ2) is 6.34. The van der Waals surface area contributed by atoms with Crippen molar-refractivity contribution in [3.8, 4) is 11.5 Å². The van der Waals surface area contributed by atoms with Crippen molar-refractivity contribution in [3.63, 3.8) is 0 Å². The molecule has 0 saturated heterocycles. The first-order valence-electron chi connectivity index (χ1n) is 8.24. The molecule has 3 rings (SSSR count). The molecule has 2 N–H and O–H groups in total. The summed E-state index contributed by atoms with van der Waals surface area (Å²) in [4.78, 5) is 23.6. The van der Waals surface area contributed by atoms with Crippen molar-refractivity contribution in [2.45, 2.75) is 43.6 Å². The summed E-state index contributed by atoms with van der Waals surface area (Å²) in [6.07, 6.45) is 3.19. The molecule has 2 aliphatic carbocycles. The molecule has 1 aromatic rings. The van der Waals surface area contributed by atoms with Gasteiger partial charge in [0.1, 0.15) is 11.5 Å². The van der Waals surface area contributed by atoms with E-state index in [0.717, 1.165) is 42.7 Å². The minimum absolute atomic E-state index is 0.00138. The number of ether oxygens (including phenoxy) is 2. The summed E-state index contributed by atoms with van der Waals surface area (Å²) in [6, 6.07) is 5.59. The van der Waals surface area contributed by atoms with Crippen LogP contribution in [0.3, 0.4) is 0 Å². The monoisotopic (exact) mass is 333 g/mol. The van der Waals surface area contributed by atoms with Crippen LogP contribution in [-0.4, -0.2) is 36.7 Å². The van der Waals surface area contributed by atoms with Gasteiger partial charge in [-0.25, -0.2) is 0 Å². The number of aliphatic carboxylic acids is 1. The fourth-order valence-corrected chi connectivity index (χ4v) is 3.55. The molecule has 0 radical (unpaired) electrons. The standard InChI is InChI=1S/C18H23NO5/c1-23-11-4-5-15(24-2)13(8-11)12-9-14(12)17(22)19-18(6-3-7-18)10-16(20)21/h4-5,8,12,14H,3,6-7,9-10H2,1-2H3,(H,19,22)(H,20,21). The molecule has 6 nitrogen and oxygen atoms in total. The molecule has 24 heavy (non-hydrogen) atoms. The first-order valence-corrected chi connectivity index (χ1v) is 8.24. The van der Waals surface area contributed by atoms with Crippen molar-refractivity contribution < 1.29 is 24.2 Å². The number of nitrogens with one attached hydrogen (secondary N) is 1. The van der Waals surface area contributed by atoms with Crippen LogP contribution in [0.15, 0.2) is 18.2 Å². The highest BCUT2D eigenvalue weighted by Crippen LogP contribution is 2.52. The molecule has 2 unspecified atom stereocenters. The molecule has 0 bridgehead atoms. The van der Waals surface area contributed by atoms with Gasteiger partial charge in [0.2, 0.25) is 5.91 Å². The minimum atomic E-state index is -0.864. The molecule has 6 heteroatoms. The van der Waals surface area contributed by atoms with Crippen LogP contribution in [-0.2, 0) is 9.59 Å². The predicted octanol–water partition coefficient (Wildman–Crippen LogP) is 2.32. The second-order valence-electron chi connectivity index (χ2n) is 6.75. The number of carbonyl (C=O) groups excluding carboxylic acids is 1. The smallest absolute Gasteiger partial charge is 0.305 e. The van der Waals surface area contributed by atoms with Crippen LogP contribution in [0.1, 0.15) is 43.6 Å². The number of carboxylic acid groups (broad SMARTS) is 1. The van der Waals surface area contributed by atoms with Gasteiger partial charge in [0.25, 0.3) is 0 Å². The van der Waals surface area contributed by atoms with Crippen LogP contribution in [0, 0.1) is 5.92 Å². The van der Waals surface area contributed by atoms with Crippen molar-refractivity contribution >= 4 is 11.9 Å². The maximum Gasteiger partial charge on any atom is 0.305 e. The fraction of sp³-hybridized carbons (Fsp3) is 0.556. The topological polar surface area (TPSA) is 84.9 Å². The lowest BCUT2D eigenvalue weighted by Crippen LogP contribution is -2.55. The van der Waals surface area contributed by atoms with Gasteiger partial charge in [-0.15, -0.1) is 0 Å². The molecule has 2 aliphatic rings. The second-order valence-corrected chi connectivity index (χ2v) is 6.75. The van der Waals surface area contributed by atoms with Crippen LogP contribution < -0.4 is 14.8 Å². The van der Waals surface area contributed by atoms with E-state index in [1.54, 1.807) is 14.2 Å². The van der Waals surface area contributed by atoms with E-state index in [9.17, 15) is 9.59 Å². The van der Waals surface area contributed by atoms with Crippen molar-refractivity contribution in [1.82, 2.24) is 5.32 Å². The summed E-state index contributed by atoms with van der Waals surface area (Å²) in [5.41, 5.74) is 0.423. The Hall–Kier alpha value is -2.24. The SMILES string of the molecule is COc1ccc(OC)c(C2CC2C(=O)NC2(CC(=O)O)CCC2)c1. The van der Waals surface area contributed by atoms with Gasteiger partial charge in [-0.1, -0.05) is 0 Å². The Balaban J connectivity index is 1.68. The third-order valence-electron chi connectivity index (χ3n) is 5.15. The normalized spacial score (nSPS) is 23.8. The van der Waals surface area contributed by atoms with E-state index >= 15 is 0 Å². The van der Waals surface area contributed by atoms with Gasteiger partial charge in [0.05, 0.1) is 26.2 Å². The summed E-state index contributed by atoms with van der Waals surface area (Å²) in [6.45, 7) is 0. The Morgan fingerprint density at radius 2 is 2.04 bits per heavy atom. The Labute approximate surface area is 141 Å². The van der Waals surface area contributed by atoms with Gasteiger partial charge in [0, 0.05) is 17.4 Å². The summed E-state index contributed by atoms with van der Waals surface area (Å²) >= 11 is 0. The van der Waals surface area contributed by atoms with E-state index < -0.39 is 11.5 Å². The number of hydrogen-bond acceptors (Lipinski definition) is 4. The lowest BCUT2D eigenvalue weighted by Gasteiger charge is -2.41. The van der Waals surface area contributed by atoms with Gasteiger partial charge in [-0.2, -0.15) is 0 Å². The van der Waals surface area contributed by atoms with Crippen molar-refractivity contribution in [1.29, 1.82) is 0 Å². The molecule has 0 aliphatic heterocycles. The van der Waals surface area contributed by atoms with E-state index in [-0.39, 0.29) is 24.2 Å². The molecular weight excluding hydrogens is 310 g/mol. The van der Waals surface area contributed by atoms with Gasteiger partial charge in [-0.05, 0) is 43.9 Å². The van der Waals surface area contributed by atoms with E-state index in [1.165, 1.54) is 0 Å². The summed E-state index contributed by atoms with van der Waals surface area (Å²) in [5, 5.41) is 12.1. The quantitative estimate of drug-likeness (QED) is 0.800. The zero-order valence-corrected chi connectivity index (χ0v) is 14.0. The van der Waals surface area contributed by atoms with E-state index in [4.69, 9.17) is 14.6 Å². The molecule has 0 heterocycles. The summed E-state index contributed by atoms with van der Waals surface area (Å²) in [5.74, 6) is 0.537. The maximum atomic E-state index is 12.6. The molecular formula is C18H23NO5. The average Bonchev–Trinajstić information content (AvgIpc) is 3.32. The predicted molar refractivity (Wildman–Crippen MR) is 87.4 cm³/mol. The highest BCUT2D eigenvalue weighted by Gasteiger charge is 2.49. The molecule has 1 amide bonds. The number of carboxylic acids is 1. The number of amides is 1. The van der Waals surface area contributed by atoms with Crippen molar-refractivity contribution in [3.05, 3.63) is 23.8 Å². The third kappa shape index (κ3) is 3.18. The van der Waals surface area contributed by atoms with Crippen LogP contribution in [0.5, 0.6) is 11.5 Å². The van der Waals surface area contributed by atoms with Crippen LogP contribution in [0.25, 0.3) is 0 Å². The molecule has 2 saturated carbocycles. The van der Waals surface area contributed by atoms with Gasteiger partial charge in [-0.3, -0.25) is 9.59 Å². The average molecular weight is 333 g/mol. The highest BCUT2D eigenvalue weighted by atomic mass is 16.5. The van der Waals surface area contributed by atoms with Crippen LogP contribution in [0.4, 0.5) is 0 Å². The first kappa shape index (κ1) is 16.6. The molecule has 2 atom stereocenters. The molecule has 0 aromatic heterocycles. The minimum Gasteiger partial charge on any atom is -0.497 e. The zero-order chi connectivity index (χ0) is 17.3.